The van der Waals surface area contributed by atoms with Crippen LogP contribution < -0.4 is 0 Å². The fourth-order valence-corrected chi connectivity index (χ4v) is 2.64. The molecule has 0 radical (unpaired) electrons. The standard InChI is InChI=1S/C14H17NO4/c1-8-12(9(2)17)10-4-3-5-11(14(18)19)13(10)15(8)6-7-16/h3-5,9,16-17H,6-7H2,1-2H3,(H,18,19). The molecule has 5 nitrogen and oxygen atoms in total. The minimum absolute atomic E-state index is 0.0855. The Balaban J connectivity index is 2.89. The molecule has 102 valence electrons. The molecule has 0 saturated carbocycles. The Hall–Kier alpha value is -1.85. The summed E-state index contributed by atoms with van der Waals surface area (Å²) in [5.41, 5.74) is 2.23. The summed E-state index contributed by atoms with van der Waals surface area (Å²) in [4.78, 5) is 11.3. The molecule has 0 saturated heterocycles. The van der Waals surface area contributed by atoms with Crippen molar-refractivity contribution in [2.24, 2.45) is 0 Å². The zero-order chi connectivity index (χ0) is 14.2. The Kier molecular flexibility index (Phi) is 3.59. The van der Waals surface area contributed by atoms with Gasteiger partial charge in [0.25, 0.3) is 0 Å². The average Bonchev–Trinajstić information content (AvgIpc) is 2.62. The number of hydrogen-bond donors (Lipinski definition) is 3. The molecule has 0 aliphatic carbocycles. The molecule has 0 fully saturated rings. The Labute approximate surface area is 110 Å². The van der Waals surface area contributed by atoms with E-state index in [-0.39, 0.29) is 12.2 Å². The van der Waals surface area contributed by atoms with Crippen molar-refractivity contribution in [3.8, 4) is 0 Å². The number of carboxylic acid groups (broad SMARTS) is 1. The molecule has 2 aromatic rings. The van der Waals surface area contributed by atoms with Crippen LogP contribution in [0, 0.1) is 6.92 Å². The van der Waals surface area contributed by atoms with E-state index in [1.54, 1.807) is 23.6 Å². The van der Waals surface area contributed by atoms with E-state index in [1.165, 1.54) is 6.07 Å². The van der Waals surface area contributed by atoms with Gasteiger partial charge < -0.3 is 19.9 Å². The summed E-state index contributed by atoms with van der Waals surface area (Å²) in [6, 6.07) is 4.99. The van der Waals surface area contributed by atoms with Gasteiger partial charge in [0.05, 0.1) is 23.8 Å². The number of fused-ring (bicyclic) bond motifs is 1. The van der Waals surface area contributed by atoms with E-state index in [0.717, 1.165) is 11.1 Å². The van der Waals surface area contributed by atoms with Crippen LogP contribution in [-0.4, -0.2) is 32.5 Å². The Morgan fingerprint density at radius 1 is 1.42 bits per heavy atom. The number of hydrogen-bond acceptors (Lipinski definition) is 3. The third-order valence-corrected chi connectivity index (χ3v) is 3.36. The molecule has 0 amide bonds. The summed E-state index contributed by atoms with van der Waals surface area (Å²) in [7, 11) is 0. The summed E-state index contributed by atoms with van der Waals surface area (Å²) in [5, 5.41) is 29.0. The molecule has 1 aromatic carbocycles. The Bertz CT molecular complexity index is 628. The fourth-order valence-electron chi connectivity index (χ4n) is 2.64. The van der Waals surface area contributed by atoms with Crippen molar-refractivity contribution in [3.63, 3.8) is 0 Å². The first-order valence-corrected chi connectivity index (χ1v) is 6.13. The van der Waals surface area contributed by atoms with Crippen molar-refractivity contribution in [3.05, 3.63) is 35.0 Å². The smallest absolute Gasteiger partial charge is 0.337 e. The SMILES string of the molecule is Cc1c(C(C)O)c2cccc(C(=O)O)c2n1CCO. The Morgan fingerprint density at radius 2 is 2.11 bits per heavy atom. The number of aliphatic hydroxyl groups excluding tert-OH is 2. The second-order valence-electron chi connectivity index (χ2n) is 4.56. The van der Waals surface area contributed by atoms with E-state index in [4.69, 9.17) is 5.11 Å². The normalized spacial score (nSPS) is 12.8. The van der Waals surface area contributed by atoms with E-state index in [9.17, 15) is 15.0 Å². The number of rotatable bonds is 4. The average molecular weight is 263 g/mol. The zero-order valence-corrected chi connectivity index (χ0v) is 10.9. The van der Waals surface area contributed by atoms with E-state index >= 15 is 0 Å². The van der Waals surface area contributed by atoms with Crippen molar-refractivity contribution in [1.29, 1.82) is 0 Å². The number of carboxylic acids is 1. The van der Waals surface area contributed by atoms with Crippen LogP contribution in [0.1, 0.15) is 34.6 Å². The first kappa shape index (κ1) is 13.6. The number of aromatic nitrogens is 1. The molecule has 1 heterocycles. The van der Waals surface area contributed by atoms with Gasteiger partial charge >= 0.3 is 5.97 Å². The lowest BCUT2D eigenvalue weighted by Gasteiger charge is -2.08. The molecule has 1 atom stereocenters. The fraction of sp³-hybridized carbons (Fsp3) is 0.357. The molecule has 0 spiro atoms. The van der Waals surface area contributed by atoms with E-state index in [1.807, 2.05) is 6.92 Å². The molecule has 3 N–H and O–H groups in total. The minimum atomic E-state index is -1.01. The number of para-hydroxylation sites is 1. The van der Waals surface area contributed by atoms with Crippen molar-refractivity contribution in [1.82, 2.24) is 4.57 Å². The molecule has 2 rings (SSSR count). The largest absolute Gasteiger partial charge is 0.478 e. The van der Waals surface area contributed by atoms with Crippen LogP contribution in [0.4, 0.5) is 0 Å². The maximum Gasteiger partial charge on any atom is 0.337 e. The van der Waals surface area contributed by atoms with Crippen LogP contribution in [0.2, 0.25) is 0 Å². The minimum Gasteiger partial charge on any atom is -0.478 e. The van der Waals surface area contributed by atoms with Crippen molar-refractivity contribution < 1.29 is 20.1 Å². The molecule has 1 aromatic heterocycles. The van der Waals surface area contributed by atoms with E-state index < -0.39 is 12.1 Å². The second-order valence-corrected chi connectivity index (χ2v) is 4.56. The predicted octanol–water partition coefficient (Wildman–Crippen LogP) is 1.69. The highest BCUT2D eigenvalue weighted by molar-refractivity contribution is 6.04. The molecule has 0 aliphatic heterocycles. The number of aromatic carboxylic acids is 1. The van der Waals surface area contributed by atoms with Gasteiger partial charge in [0.1, 0.15) is 0 Å². The van der Waals surface area contributed by atoms with Gasteiger partial charge in [0.15, 0.2) is 0 Å². The van der Waals surface area contributed by atoms with Gasteiger partial charge in [-0.3, -0.25) is 0 Å². The molecule has 0 aliphatic rings. The summed E-state index contributed by atoms with van der Waals surface area (Å²) in [6.07, 6.45) is -0.688. The number of nitrogens with zero attached hydrogens (tertiary/aromatic N) is 1. The predicted molar refractivity (Wildman–Crippen MR) is 71.4 cm³/mol. The van der Waals surface area contributed by atoms with Crippen LogP contribution in [0.3, 0.4) is 0 Å². The van der Waals surface area contributed by atoms with Gasteiger partial charge in [-0.15, -0.1) is 0 Å². The summed E-state index contributed by atoms with van der Waals surface area (Å²) in [6.45, 7) is 3.69. The lowest BCUT2D eigenvalue weighted by molar-refractivity contribution is 0.0698. The van der Waals surface area contributed by atoms with Crippen molar-refractivity contribution >= 4 is 16.9 Å². The third kappa shape index (κ3) is 2.11. The van der Waals surface area contributed by atoms with Gasteiger partial charge in [-0.25, -0.2) is 4.79 Å². The van der Waals surface area contributed by atoms with Crippen molar-refractivity contribution in [2.45, 2.75) is 26.5 Å². The van der Waals surface area contributed by atoms with Gasteiger partial charge in [0, 0.05) is 23.2 Å². The van der Waals surface area contributed by atoms with E-state index in [2.05, 4.69) is 0 Å². The van der Waals surface area contributed by atoms with Crippen LogP contribution >= 0.6 is 0 Å². The third-order valence-electron chi connectivity index (χ3n) is 3.36. The highest BCUT2D eigenvalue weighted by atomic mass is 16.4. The highest BCUT2D eigenvalue weighted by Crippen LogP contribution is 2.32. The van der Waals surface area contributed by atoms with Gasteiger partial charge in [-0.2, -0.15) is 0 Å². The van der Waals surface area contributed by atoms with Gasteiger partial charge in [-0.05, 0) is 19.9 Å². The first-order chi connectivity index (χ1) is 8.99. The Morgan fingerprint density at radius 3 is 2.63 bits per heavy atom. The van der Waals surface area contributed by atoms with Gasteiger partial charge in [0.2, 0.25) is 0 Å². The molecule has 5 heteroatoms. The summed E-state index contributed by atoms with van der Waals surface area (Å²) in [5.74, 6) is -1.01. The van der Waals surface area contributed by atoms with Gasteiger partial charge in [-0.1, -0.05) is 12.1 Å². The zero-order valence-electron chi connectivity index (χ0n) is 10.9. The lowest BCUT2D eigenvalue weighted by Crippen LogP contribution is -2.08. The molecule has 19 heavy (non-hydrogen) atoms. The molecule has 1 unspecified atom stereocenters. The summed E-state index contributed by atoms with van der Waals surface area (Å²) < 4.78 is 1.75. The number of benzene rings is 1. The van der Waals surface area contributed by atoms with Crippen LogP contribution in [0.25, 0.3) is 10.9 Å². The lowest BCUT2D eigenvalue weighted by atomic mass is 10.0. The van der Waals surface area contributed by atoms with Crippen LogP contribution in [0.15, 0.2) is 18.2 Å². The molecular formula is C14H17NO4. The second kappa shape index (κ2) is 5.03. The van der Waals surface area contributed by atoms with E-state index in [0.29, 0.717) is 17.6 Å². The molecule has 0 bridgehead atoms. The first-order valence-electron chi connectivity index (χ1n) is 6.13. The highest BCUT2D eigenvalue weighted by Gasteiger charge is 2.21. The molecular weight excluding hydrogens is 246 g/mol. The summed E-state index contributed by atoms with van der Waals surface area (Å²) >= 11 is 0. The monoisotopic (exact) mass is 263 g/mol. The van der Waals surface area contributed by atoms with Crippen molar-refractivity contribution in [2.75, 3.05) is 6.61 Å². The quantitative estimate of drug-likeness (QED) is 0.784. The maximum atomic E-state index is 11.3. The topological polar surface area (TPSA) is 82.7 Å². The maximum absolute atomic E-state index is 11.3. The number of aliphatic hydroxyl groups is 2. The van der Waals surface area contributed by atoms with Crippen LogP contribution in [-0.2, 0) is 6.54 Å². The van der Waals surface area contributed by atoms with Crippen LogP contribution in [0.5, 0.6) is 0 Å². The number of carbonyl (C=O) groups is 1.